The third kappa shape index (κ3) is 6.43. The number of hydrogen-bond acceptors (Lipinski definition) is 9. The Balaban J connectivity index is 1.36. The summed E-state index contributed by atoms with van der Waals surface area (Å²) in [6.07, 6.45) is 5.67. The van der Waals surface area contributed by atoms with Crippen LogP contribution in [0.1, 0.15) is 17.5 Å². The van der Waals surface area contributed by atoms with Gasteiger partial charge in [0.1, 0.15) is 5.75 Å². The van der Waals surface area contributed by atoms with Gasteiger partial charge in [0.2, 0.25) is 10.5 Å². The molecule has 4 rings (SSSR count). The summed E-state index contributed by atoms with van der Waals surface area (Å²) in [6.45, 7) is 0.291. The standard InChI is InChI=1S/C27H30N6O4S/c1-28-23-12-11-22(37-17-29-20-9-6-10-21(16-20)33-27(38)30-31-32-33)15-19(23)8-5-4-7-18-13-24(35-2)26(34)25(14-18)36-3/h4,6-7,9-16,28-29,34H,5,8,17H2,1-3H3,(H,30,32,38). The minimum absolute atomic E-state index is 0.00979. The van der Waals surface area contributed by atoms with E-state index in [0.717, 1.165) is 46.8 Å². The summed E-state index contributed by atoms with van der Waals surface area (Å²) in [5, 5.41) is 26.9. The zero-order valence-corrected chi connectivity index (χ0v) is 22.2. The molecule has 0 aliphatic carbocycles. The molecule has 0 aliphatic rings. The number of nitrogens with one attached hydrogen (secondary N) is 3. The van der Waals surface area contributed by atoms with Crippen LogP contribution in [0.15, 0.2) is 60.7 Å². The van der Waals surface area contributed by atoms with E-state index in [-0.39, 0.29) is 5.75 Å². The highest BCUT2D eigenvalue weighted by atomic mass is 32.1. The first kappa shape index (κ1) is 26.6. The lowest BCUT2D eigenvalue weighted by Crippen LogP contribution is -2.10. The number of methoxy groups -OCH3 is 2. The van der Waals surface area contributed by atoms with Crippen LogP contribution in [0.25, 0.3) is 11.8 Å². The average molecular weight is 535 g/mol. The fourth-order valence-corrected chi connectivity index (χ4v) is 4.09. The summed E-state index contributed by atoms with van der Waals surface area (Å²) >= 11 is 5.17. The molecule has 0 spiro atoms. The van der Waals surface area contributed by atoms with Gasteiger partial charge in [0.15, 0.2) is 18.2 Å². The summed E-state index contributed by atoms with van der Waals surface area (Å²) in [7, 11) is 4.93. The Labute approximate surface area is 225 Å². The van der Waals surface area contributed by atoms with Crippen molar-refractivity contribution >= 4 is 29.7 Å². The predicted molar refractivity (Wildman–Crippen MR) is 150 cm³/mol. The molecular weight excluding hydrogens is 504 g/mol. The van der Waals surface area contributed by atoms with Crippen molar-refractivity contribution in [1.82, 2.24) is 20.2 Å². The van der Waals surface area contributed by atoms with Gasteiger partial charge < -0.3 is 30.0 Å². The number of phenolic OH excluding ortho intramolecular Hbond substituents is 1. The molecule has 0 aliphatic heterocycles. The second-order valence-electron chi connectivity index (χ2n) is 8.22. The van der Waals surface area contributed by atoms with Crippen LogP contribution in [0.2, 0.25) is 0 Å². The van der Waals surface area contributed by atoms with Gasteiger partial charge in [0.05, 0.1) is 19.9 Å². The fraction of sp³-hybridized carbons (Fsp3) is 0.222. The molecule has 0 bridgehead atoms. The topological polar surface area (TPSA) is 118 Å². The lowest BCUT2D eigenvalue weighted by molar-refractivity contribution is 0.340. The lowest BCUT2D eigenvalue weighted by atomic mass is 10.1. The molecule has 4 N–H and O–H groups in total. The van der Waals surface area contributed by atoms with Crippen molar-refractivity contribution in [3.8, 4) is 28.7 Å². The monoisotopic (exact) mass is 534 g/mol. The number of H-pyrrole nitrogens is 1. The van der Waals surface area contributed by atoms with Crippen molar-refractivity contribution in [2.45, 2.75) is 12.8 Å². The maximum Gasteiger partial charge on any atom is 0.242 e. The zero-order chi connectivity index (χ0) is 26.9. The van der Waals surface area contributed by atoms with Crippen molar-refractivity contribution in [3.63, 3.8) is 0 Å². The van der Waals surface area contributed by atoms with Gasteiger partial charge in [-0.2, -0.15) is 5.21 Å². The highest BCUT2D eigenvalue weighted by Crippen LogP contribution is 2.37. The summed E-state index contributed by atoms with van der Waals surface area (Å²) < 4.78 is 18.4. The number of allylic oxidation sites excluding steroid dienone is 1. The van der Waals surface area contributed by atoms with Crippen LogP contribution in [0.4, 0.5) is 11.4 Å². The Morgan fingerprint density at radius 1 is 1.08 bits per heavy atom. The smallest absolute Gasteiger partial charge is 0.242 e. The van der Waals surface area contributed by atoms with Crippen molar-refractivity contribution in [1.29, 1.82) is 0 Å². The van der Waals surface area contributed by atoms with Gasteiger partial charge in [-0.3, -0.25) is 0 Å². The van der Waals surface area contributed by atoms with Crippen molar-refractivity contribution in [3.05, 3.63) is 76.6 Å². The number of benzene rings is 3. The van der Waals surface area contributed by atoms with Gasteiger partial charge in [0.25, 0.3) is 0 Å². The molecule has 1 heterocycles. The third-order valence-electron chi connectivity index (χ3n) is 5.83. The maximum absolute atomic E-state index is 10.1. The average Bonchev–Trinajstić information content (AvgIpc) is 3.37. The van der Waals surface area contributed by atoms with Crippen LogP contribution in [-0.2, 0) is 6.42 Å². The Morgan fingerprint density at radius 2 is 1.87 bits per heavy atom. The first-order chi connectivity index (χ1) is 18.5. The summed E-state index contributed by atoms with van der Waals surface area (Å²) in [5.41, 5.74) is 4.76. The molecule has 4 aromatic rings. The van der Waals surface area contributed by atoms with Crippen molar-refractivity contribution in [2.75, 3.05) is 38.6 Å². The second kappa shape index (κ2) is 12.6. The first-order valence-corrected chi connectivity index (χ1v) is 12.3. The van der Waals surface area contributed by atoms with E-state index in [1.807, 2.05) is 55.6 Å². The van der Waals surface area contributed by atoms with Crippen molar-refractivity contribution < 1.29 is 19.3 Å². The quantitative estimate of drug-likeness (QED) is 0.144. The third-order valence-corrected chi connectivity index (χ3v) is 6.09. The molecule has 0 atom stereocenters. The van der Waals surface area contributed by atoms with Gasteiger partial charge in [-0.1, -0.05) is 28.5 Å². The van der Waals surface area contributed by atoms with Gasteiger partial charge in [-0.15, -0.1) is 0 Å². The molecule has 0 saturated carbocycles. The molecule has 1 aromatic heterocycles. The number of aromatic amines is 1. The number of rotatable bonds is 12. The van der Waals surface area contributed by atoms with Gasteiger partial charge in [-0.05, 0) is 84.7 Å². The molecule has 0 fully saturated rings. The van der Waals surface area contributed by atoms with Crippen LogP contribution in [-0.4, -0.2) is 53.3 Å². The molecule has 3 aromatic carbocycles. The molecule has 198 valence electrons. The van der Waals surface area contributed by atoms with Crippen LogP contribution in [0.3, 0.4) is 0 Å². The minimum Gasteiger partial charge on any atom is -0.502 e. The van der Waals surface area contributed by atoms with Crippen LogP contribution < -0.4 is 24.8 Å². The van der Waals surface area contributed by atoms with Crippen molar-refractivity contribution in [2.24, 2.45) is 0 Å². The molecule has 0 saturated heterocycles. The van der Waals surface area contributed by atoms with E-state index in [1.165, 1.54) is 14.2 Å². The molecule has 0 radical (unpaired) electrons. The van der Waals surface area contributed by atoms with Gasteiger partial charge >= 0.3 is 0 Å². The van der Waals surface area contributed by atoms with Crippen LogP contribution in [0, 0.1) is 4.77 Å². The molecule has 0 amide bonds. The molecular formula is C27H30N6O4S. The number of aromatic hydroxyl groups is 1. The van der Waals surface area contributed by atoms with E-state index in [2.05, 4.69) is 32.2 Å². The number of aromatic nitrogens is 4. The number of hydrogen-bond donors (Lipinski definition) is 4. The number of anilines is 2. The van der Waals surface area contributed by atoms with Gasteiger partial charge in [-0.25, -0.2) is 4.68 Å². The van der Waals surface area contributed by atoms with Crippen LogP contribution >= 0.6 is 12.2 Å². The summed E-state index contributed by atoms with van der Waals surface area (Å²) in [4.78, 5) is 0. The Morgan fingerprint density at radius 3 is 2.55 bits per heavy atom. The first-order valence-electron chi connectivity index (χ1n) is 11.9. The van der Waals surface area contributed by atoms with Gasteiger partial charge in [0, 0.05) is 18.4 Å². The Kier molecular flexibility index (Phi) is 8.83. The minimum atomic E-state index is -0.00979. The normalized spacial score (nSPS) is 10.9. The second-order valence-corrected chi connectivity index (χ2v) is 8.58. The Bertz CT molecular complexity index is 1440. The maximum atomic E-state index is 10.1. The fourth-order valence-electron chi connectivity index (χ4n) is 3.90. The predicted octanol–water partition coefficient (Wildman–Crippen LogP) is 5.18. The summed E-state index contributed by atoms with van der Waals surface area (Å²) in [5.74, 6) is 1.49. The number of aryl methyl sites for hydroxylation is 1. The van der Waals surface area contributed by atoms with E-state index in [1.54, 1.807) is 16.8 Å². The largest absolute Gasteiger partial charge is 0.502 e. The number of nitrogens with zero attached hydrogens (tertiary/aromatic N) is 3. The van der Waals surface area contributed by atoms with E-state index >= 15 is 0 Å². The van der Waals surface area contributed by atoms with E-state index < -0.39 is 0 Å². The number of ether oxygens (including phenoxy) is 3. The molecule has 38 heavy (non-hydrogen) atoms. The van der Waals surface area contributed by atoms with E-state index in [9.17, 15) is 5.11 Å². The zero-order valence-electron chi connectivity index (χ0n) is 21.4. The SMILES string of the molecule is CNc1ccc(OCNc2cccc(-n3[nH]nnc3=S)c2)cc1CCC=Cc1cc(OC)c(O)c(OC)c1. The number of phenols is 1. The molecule has 10 nitrogen and oxygen atoms in total. The molecule has 11 heteroatoms. The van der Waals surface area contributed by atoms with E-state index in [0.29, 0.717) is 23.0 Å². The Hall–Kier alpha value is -4.51. The molecule has 0 unspecified atom stereocenters. The summed E-state index contributed by atoms with van der Waals surface area (Å²) in [6, 6.07) is 17.2. The van der Waals surface area contributed by atoms with Crippen LogP contribution in [0.5, 0.6) is 23.0 Å². The highest BCUT2D eigenvalue weighted by Gasteiger charge is 2.10. The number of tetrazole rings is 1. The lowest BCUT2D eigenvalue weighted by Gasteiger charge is -2.13. The highest BCUT2D eigenvalue weighted by molar-refractivity contribution is 7.71. The van der Waals surface area contributed by atoms with E-state index in [4.69, 9.17) is 26.4 Å².